The van der Waals surface area contributed by atoms with Crippen molar-refractivity contribution in [1.82, 2.24) is 15.5 Å². The molecule has 0 fully saturated rings. The molecule has 0 bridgehead atoms. The molecule has 178 valence electrons. The number of anilines is 1. The van der Waals surface area contributed by atoms with Crippen LogP contribution in [0.5, 0.6) is 0 Å². The lowest BCUT2D eigenvalue weighted by atomic mass is 9.94. The van der Waals surface area contributed by atoms with Crippen LogP contribution in [-0.4, -0.2) is 28.1 Å². The van der Waals surface area contributed by atoms with E-state index in [2.05, 4.69) is 20.8 Å². The maximum Gasteiger partial charge on any atom is 0.249 e. The van der Waals surface area contributed by atoms with E-state index in [0.717, 1.165) is 11.1 Å². The van der Waals surface area contributed by atoms with Crippen molar-refractivity contribution in [2.45, 2.75) is 31.7 Å². The molecule has 2 unspecified atom stereocenters. The molecule has 0 aliphatic carbocycles. The molecular weight excluding hydrogens is 463 g/mol. The van der Waals surface area contributed by atoms with Gasteiger partial charge in [-0.2, -0.15) is 0 Å². The van der Waals surface area contributed by atoms with E-state index < -0.39 is 6.04 Å². The van der Waals surface area contributed by atoms with E-state index in [-0.39, 0.29) is 23.5 Å². The molecule has 1 aromatic heterocycles. The number of nitrogens with one attached hydrogen (secondary N) is 2. The van der Waals surface area contributed by atoms with Gasteiger partial charge in [0.15, 0.2) is 0 Å². The summed E-state index contributed by atoms with van der Waals surface area (Å²) in [6, 6.07) is 24.1. The lowest BCUT2D eigenvalue weighted by Crippen LogP contribution is -2.46. The minimum Gasteiger partial charge on any atom is -0.343 e. The van der Waals surface area contributed by atoms with Crippen molar-refractivity contribution in [2.24, 2.45) is 0 Å². The molecule has 4 aromatic rings. The molecule has 1 heterocycles. The van der Waals surface area contributed by atoms with Crippen LogP contribution >= 0.6 is 11.3 Å². The second-order valence-corrected chi connectivity index (χ2v) is 9.01. The van der Waals surface area contributed by atoms with Crippen molar-refractivity contribution in [2.75, 3.05) is 5.32 Å². The monoisotopic (exact) mass is 488 g/mol. The molecule has 35 heavy (non-hydrogen) atoms. The van der Waals surface area contributed by atoms with Gasteiger partial charge in [0.1, 0.15) is 16.9 Å². The topological polar surface area (TPSA) is 84.0 Å². The number of halogens is 1. The average molecular weight is 489 g/mol. The Morgan fingerprint density at radius 1 is 0.886 bits per heavy atom. The second kappa shape index (κ2) is 11.5. The minimum absolute atomic E-state index is 0.209. The van der Waals surface area contributed by atoms with Crippen molar-refractivity contribution in [3.05, 3.63) is 102 Å². The van der Waals surface area contributed by atoms with Crippen LogP contribution in [0.4, 0.5) is 9.52 Å². The first-order valence-corrected chi connectivity index (χ1v) is 12.1. The third kappa shape index (κ3) is 6.36. The second-order valence-electron chi connectivity index (χ2n) is 8.03. The third-order valence-electron chi connectivity index (χ3n) is 5.59. The number of carbonyl (C=O) groups is 2. The zero-order valence-corrected chi connectivity index (χ0v) is 20.0. The standard InChI is InChI=1S/C27H25FN4O2S/c1-2-22(19-11-7-4-8-12-19)24(33)29-23(17-18-9-5-3-6-10-18)25(34)30-27-32-31-26(35-27)20-13-15-21(28)16-14-20/h3-16,22-23H,2,17H2,1H3,(H,29,33)(H,30,32,34). The highest BCUT2D eigenvalue weighted by Crippen LogP contribution is 2.27. The Morgan fingerprint density at radius 3 is 2.20 bits per heavy atom. The van der Waals surface area contributed by atoms with Crippen LogP contribution in [0.25, 0.3) is 10.6 Å². The van der Waals surface area contributed by atoms with E-state index in [0.29, 0.717) is 28.5 Å². The highest BCUT2D eigenvalue weighted by molar-refractivity contribution is 7.18. The lowest BCUT2D eigenvalue weighted by Gasteiger charge is -2.22. The van der Waals surface area contributed by atoms with Crippen molar-refractivity contribution < 1.29 is 14.0 Å². The molecule has 8 heteroatoms. The molecular formula is C27H25FN4O2S. The van der Waals surface area contributed by atoms with Gasteiger partial charge in [-0.1, -0.05) is 78.9 Å². The molecule has 0 radical (unpaired) electrons. The number of amides is 2. The first-order valence-electron chi connectivity index (χ1n) is 11.3. The first-order chi connectivity index (χ1) is 17.0. The summed E-state index contributed by atoms with van der Waals surface area (Å²) in [5.41, 5.74) is 2.52. The van der Waals surface area contributed by atoms with Crippen LogP contribution in [-0.2, 0) is 16.0 Å². The summed E-state index contributed by atoms with van der Waals surface area (Å²) in [4.78, 5) is 26.5. The molecule has 3 aromatic carbocycles. The van der Waals surface area contributed by atoms with Gasteiger partial charge in [0.25, 0.3) is 0 Å². The van der Waals surface area contributed by atoms with Crippen LogP contribution in [0.15, 0.2) is 84.9 Å². The Balaban J connectivity index is 1.51. The molecule has 0 spiro atoms. The number of benzene rings is 3. The van der Waals surface area contributed by atoms with Crippen molar-refractivity contribution >= 4 is 28.3 Å². The van der Waals surface area contributed by atoms with Gasteiger partial charge < -0.3 is 5.32 Å². The van der Waals surface area contributed by atoms with Crippen LogP contribution in [0.3, 0.4) is 0 Å². The average Bonchev–Trinajstić information content (AvgIpc) is 3.34. The van der Waals surface area contributed by atoms with E-state index in [1.807, 2.05) is 67.6 Å². The van der Waals surface area contributed by atoms with Crippen LogP contribution in [0.1, 0.15) is 30.4 Å². The summed E-state index contributed by atoms with van der Waals surface area (Å²) in [7, 11) is 0. The number of hydrogen-bond acceptors (Lipinski definition) is 5. The van der Waals surface area contributed by atoms with E-state index in [4.69, 9.17) is 0 Å². The summed E-state index contributed by atoms with van der Waals surface area (Å²) < 4.78 is 13.2. The van der Waals surface area contributed by atoms with Crippen LogP contribution in [0, 0.1) is 5.82 Å². The molecule has 2 amide bonds. The predicted octanol–water partition coefficient (Wildman–Crippen LogP) is 5.20. The number of hydrogen-bond donors (Lipinski definition) is 2. The van der Waals surface area contributed by atoms with Gasteiger partial charge in [-0.05, 0) is 41.8 Å². The van der Waals surface area contributed by atoms with Crippen molar-refractivity contribution in [1.29, 1.82) is 0 Å². The molecule has 4 rings (SSSR count). The molecule has 0 aliphatic rings. The quantitative estimate of drug-likeness (QED) is 0.339. The van der Waals surface area contributed by atoms with Gasteiger partial charge in [0.2, 0.25) is 16.9 Å². The third-order valence-corrected chi connectivity index (χ3v) is 6.48. The molecule has 2 N–H and O–H groups in total. The number of nitrogens with zero attached hydrogens (tertiary/aromatic N) is 2. The summed E-state index contributed by atoms with van der Waals surface area (Å²) >= 11 is 1.18. The Hall–Kier alpha value is -3.91. The van der Waals surface area contributed by atoms with Crippen LogP contribution < -0.4 is 10.6 Å². The fraction of sp³-hybridized carbons (Fsp3) is 0.185. The fourth-order valence-corrected chi connectivity index (χ4v) is 4.52. The summed E-state index contributed by atoms with van der Waals surface area (Å²) in [5.74, 6) is -1.30. The highest BCUT2D eigenvalue weighted by atomic mass is 32.1. The van der Waals surface area contributed by atoms with E-state index in [1.54, 1.807) is 12.1 Å². The lowest BCUT2D eigenvalue weighted by molar-refractivity contribution is -0.127. The molecule has 2 atom stereocenters. The Bertz CT molecular complexity index is 1260. The van der Waals surface area contributed by atoms with Crippen molar-refractivity contribution in [3.63, 3.8) is 0 Å². The number of aromatic nitrogens is 2. The Kier molecular flexibility index (Phi) is 7.95. The number of rotatable bonds is 9. The van der Waals surface area contributed by atoms with E-state index >= 15 is 0 Å². The van der Waals surface area contributed by atoms with Gasteiger partial charge in [-0.25, -0.2) is 4.39 Å². The first kappa shape index (κ1) is 24.2. The number of carbonyl (C=O) groups excluding carboxylic acids is 2. The highest BCUT2D eigenvalue weighted by Gasteiger charge is 2.27. The van der Waals surface area contributed by atoms with Gasteiger partial charge in [0, 0.05) is 12.0 Å². The summed E-state index contributed by atoms with van der Waals surface area (Å²) in [6.07, 6.45) is 0.931. The smallest absolute Gasteiger partial charge is 0.249 e. The molecule has 0 saturated heterocycles. The maximum atomic E-state index is 13.3. The normalized spacial score (nSPS) is 12.5. The van der Waals surface area contributed by atoms with E-state index in [1.165, 1.54) is 23.5 Å². The van der Waals surface area contributed by atoms with Crippen molar-refractivity contribution in [3.8, 4) is 10.6 Å². The Labute approximate surface area is 207 Å². The van der Waals surface area contributed by atoms with Gasteiger partial charge in [-0.3, -0.25) is 14.9 Å². The zero-order chi connectivity index (χ0) is 24.6. The van der Waals surface area contributed by atoms with Crippen LogP contribution in [0.2, 0.25) is 0 Å². The fourth-order valence-electron chi connectivity index (χ4n) is 3.76. The molecule has 6 nitrogen and oxygen atoms in total. The largest absolute Gasteiger partial charge is 0.343 e. The summed E-state index contributed by atoms with van der Waals surface area (Å²) in [6.45, 7) is 1.95. The minimum atomic E-state index is -0.805. The van der Waals surface area contributed by atoms with Gasteiger partial charge in [0.05, 0.1) is 5.92 Å². The Morgan fingerprint density at radius 2 is 1.54 bits per heavy atom. The molecule has 0 saturated carbocycles. The van der Waals surface area contributed by atoms with Gasteiger partial charge in [-0.15, -0.1) is 10.2 Å². The molecule has 0 aliphatic heterocycles. The SMILES string of the molecule is CCC(C(=O)NC(Cc1ccccc1)C(=O)Nc1nnc(-c2ccc(F)cc2)s1)c1ccccc1. The van der Waals surface area contributed by atoms with E-state index in [9.17, 15) is 14.0 Å². The summed E-state index contributed by atoms with van der Waals surface area (Å²) in [5, 5.41) is 14.7. The predicted molar refractivity (Wildman–Crippen MR) is 135 cm³/mol. The maximum absolute atomic E-state index is 13.3. The van der Waals surface area contributed by atoms with Gasteiger partial charge >= 0.3 is 0 Å². The zero-order valence-electron chi connectivity index (χ0n) is 19.1.